The van der Waals surface area contributed by atoms with Gasteiger partial charge in [0.15, 0.2) is 6.10 Å². The Morgan fingerprint density at radius 1 is 1.03 bits per heavy atom. The first-order chi connectivity index (χ1) is 14.2. The van der Waals surface area contributed by atoms with Crippen LogP contribution in [0.2, 0.25) is 0 Å². The molecule has 1 aliphatic heterocycles. The first-order valence-electron chi connectivity index (χ1n) is 9.34. The fourth-order valence-electron chi connectivity index (χ4n) is 3.34. The van der Waals surface area contributed by atoms with E-state index < -0.39 is 12.2 Å². The van der Waals surface area contributed by atoms with E-state index in [4.69, 9.17) is 14.2 Å². The highest BCUT2D eigenvalue weighted by Crippen LogP contribution is 2.38. The van der Waals surface area contributed by atoms with E-state index in [1.54, 1.807) is 19.5 Å². The highest BCUT2D eigenvalue weighted by Gasteiger charge is 2.36. The zero-order chi connectivity index (χ0) is 20.2. The van der Waals surface area contributed by atoms with Crippen LogP contribution in [0.1, 0.15) is 30.2 Å². The molecule has 1 aliphatic rings. The van der Waals surface area contributed by atoms with Crippen LogP contribution < -0.4 is 14.8 Å². The number of alkyl carbamates (subject to hydrolysis) is 1. The molecular weight excluding hydrogens is 370 g/mol. The minimum atomic E-state index is -0.454. The molecule has 0 unspecified atom stereocenters. The first-order valence-corrected chi connectivity index (χ1v) is 9.34. The van der Waals surface area contributed by atoms with Crippen LogP contribution in [0.15, 0.2) is 60.9 Å². The molecule has 0 aliphatic carbocycles. The molecule has 148 valence electrons. The summed E-state index contributed by atoms with van der Waals surface area (Å²) in [5, 5.41) is 2.91. The minimum Gasteiger partial charge on any atom is -0.497 e. The quantitative estimate of drug-likeness (QED) is 0.682. The van der Waals surface area contributed by atoms with Crippen molar-refractivity contribution in [2.75, 3.05) is 13.7 Å². The molecular formula is C22H21N3O4. The van der Waals surface area contributed by atoms with Gasteiger partial charge in [-0.3, -0.25) is 0 Å². The number of ether oxygens (including phenoxy) is 3. The van der Waals surface area contributed by atoms with Gasteiger partial charge in [0.2, 0.25) is 0 Å². The van der Waals surface area contributed by atoms with E-state index in [-0.39, 0.29) is 6.04 Å². The summed E-state index contributed by atoms with van der Waals surface area (Å²) in [6.45, 7) is 2.40. The van der Waals surface area contributed by atoms with Gasteiger partial charge >= 0.3 is 12.1 Å². The lowest BCUT2D eigenvalue weighted by Gasteiger charge is -2.19. The van der Waals surface area contributed by atoms with Crippen LogP contribution >= 0.6 is 0 Å². The van der Waals surface area contributed by atoms with Crippen LogP contribution in [0, 0.1) is 0 Å². The molecule has 29 heavy (non-hydrogen) atoms. The lowest BCUT2D eigenvalue weighted by Crippen LogP contribution is -2.19. The average molecular weight is 391 g/mol. The van der Waals surface area contributed by atoms with Crippen molar-refractivity contribution < 1.29 is 19.0 Å². The molecule has 2 heterocycles. The highest BCUT2D eigenvalue weighted by molar-refractivity contribution is 5.72. The Hall–Kier alpha value is -3.61. The molecule has 7 heteroatoms. The van der Waals surface area contributed by atoms with E-state index in [9.17, 15) is 4.79 Å². The van der Waals surface area contributed by atoms with Crippen molar-refractivity contribution in [2.24, 2.45) is 0 Å². The number of rotatable bonds is 6. The van der Waals surface area contributed by atoms with Crippen LogP contribution in [-0.2, 0) is 4.74 Å². The van der Waals surface area contributed by atoms with Crippen molar-refractivity contribution in [1.29, 1.82) is 0 Å². The van der Waals surface area contributed by atoms with Crippen molar-refractivity contribution >= 4 is 6.09 Å². The third-order valence-electron chi connectivity index (χ3n) is 4.71. The Morgan fingerprint density at radius 2 is 1.79 bits per heavy atom. The number of amides is 1. The van der Waals surface area contributed by atoms with Gasteiger partial charge in [-0.2, -0.15) is 0 Å². The van der Waals surface area contributed by atoms with Gasteiger partial charge in [-0.05, 0) is 41.8 Å². The van der Waals surface area contributed by atoms with Crippen molar-refractivity contribution in [1.82, 2.24) is 15.3 Å². The third kappa shape index (κ3) is 3.99. The number of hydrogen-bond donors (Lipinski definition) is 1. The summed E-state index contributed by atoms with van der Waals surface area (Å²) in [7, 11) is 1.61. The summed E-state index contributed by atoms with van der Waals surface area (Å²) >= 11 is 0. The molecule has 0 saturated carbocycles. The standard InChI is InChI=1S/C22H21N3O4/c1-3-28-21-23-12-17(13-24-21)14-6-4-7-15(10-14)19-20(29-22(26)25-19)16-8-5-9-18(11-16)27-2/h4-13,19-20H,3H2,1-2H3,(H,25,26)/t19-,20-/m1/s1. The topological polar surface area (TPSA) is 82.6 Å². The number of carbonyl (C=O) groups is 1. The number of aromatic nitrogens is 2. The summed E-state index contributed by atoms with van der Waals surface area (Å²) in [5.74, 6) is 0.712. The second kappa shape index (κ2) is 8.18. The summed E-state index contributed by atoms with van der Waals surface area (Å²) in [6.07, 6.45) is 2.54. The van der Waals surface area contributed by atoms with Gasteiger partial charge in [-0.15, -0.1) is 0 Å². The molecule has 4 rings (SSSR count). The van der Waals surface area contributed by atoms with Gasteiger partial charge < -0.3 is 19.5 Å². The van der Waals surface area contributed by atoms with Crippen molar-refractivity contribution in [3.63, 3.8) is 0 Å². The van der Waals surface area contributed by atoms with Crippen LogP contribution in [-0.4, -0.2) is 29.8 Å². The molecule has 0 radical (unpaired) electrons. The fourth-order valence-corrected chi connectivity index (χ4v) is 3.34. The van der Waals surface area contributed by atoms with Gasteiger partial charge in [-0.25, -0.2) is 14.8 Å². The average Bonchev–Trinajstić information content (AvgIpc) is 3.16. The molecule has 3 aromatic rings. The Kier molecular flexibility index (Phi) is 5.29. The molecule has 0 spiro atoms. The van der Waals surface area contributed by atoms with Crippen LogP contribution in [0.5, 0.6) is 11.8 Å². The Bertz CT molecular complexity index is 1010. The predicted molar refractivity (Wildman–Crippen MR) is 107 cm³/mol. The lowest BCUT2D eigenvalue weighted by molar-refractivity contribution is 0.132. The van der Waals surface area contributed by atoms with E-state index in [0.29, 0.717) is 18.4 Å². The Morgan fingerprint density at radius 3 is 2.55 bits per heavy atom. The first kappa shape index (κ1) is 18.7. The molecule has 1 saturated heterocycles. The van der Waals surface area contributed by atoms with Crippen molar-refractivity contribution in [2.45, 2.75) is 19.1 Å². The maximum absolute atomic E-state index is 12.0. The number of nitrogens with zero attached hydrogens (tertiary/aromatic N) is 2. The number of cyclic esters (lactones) is 1. The smallest absolute Gasteiger partial charge is 0.408 e. The highest BCUT2D eigenvalue weighted by atomic mass is 16.6. The largest absolute Gasteiger partial charge is 0.497 e. The number of methoxy groups -OCH3 is 1. The second-order valence-corrected chi connectivity index (χ2v) is 6.54. The van der Waals surface area contributed by atoms with Crippen molar-refractivity contribution in [3.8, 4) is 22.9 Å². The van der Waals surface area contributed by atoms with E-state index in [2.05, 4.69) is 15.3 Å². The van der Waals surface area contributed by atoms with Crippen LogP contribution in [0.25, 0.3) is 11.1 Å². The monoisotopic (exact) mass is 391 g/mol. The van der Waals surface area contributed by atoms with E-state index in [0.717, 1.165) is 22.3 Å². The predicted octanol–water partition coefficient (Wildman–Crippen LogP) is 4.07. The number of nitrogens with one attached hydrogen (secondary N) is 1. The third-order valence-corrected chi connectivity index (χ3v) is 4.71. The summed E-state index contributed by atoms with van der Waals surface area (Å²) < 4.78 is 16.2. The zero-order valence-corrected chi connectivity index (χ0v) is 16.2. The molecule has 1 N–H and O–H groups in total. The minimum absolute atomic E-state index is 0.321. The number of benzene rings is 2. The molecule has 2 atom stereocenters. The normalized spacial score (nSPS) is 18.1. The molecule has 0 bridgehead atoms. The van der Waals surface area contributed by atoms with Gasteiger partial charge in [0, 0.05) is 18.0 Å². The molecule has 1 aromatic heterocycles. The summed E-state index contributed by atoms with van der Waals surface area (Å²) in [4.78, 5) is 20.5. The fraction of sp³-hybridized carbons (Fsp3) is 0.227. The molecule has 7 nitrogen and oxygen atoms in total. The van der Waals surface area contributed by atoms with Gasteiger partial charge in [0.1, 0.15) is 5.75 Å². The summed E-state index contributed by atoms with van der Waals surface area (Å²) in [6, 6.07) is 15.4. The maximum atomic E-state index is 12.0. The molecule has 1 fully saturated rings. The summed E-state index contributed by atoms with van der Waals surface area (Å²) in [5.41, 5.74) is 3.59. The van der Waals surface area contributed by atoms with Gasteiger partial charge in [-0.1, -0.05) is 30.3 Å². The van der Waals surface area contributed by atoms with Gasteiger partial charge in [0.05, 0.1) is 19.8 Å². The van der Waals surface area contributed by atoms with E-state index >= 15 is 0 Å². The molecule has 2 aromatic carbocycles. The van der Waals surface area contributed by atoms with Crippen molar-refractivity contribution in [3.05, 3.63) is 72.1 Å². The van der Waals surface area contributed by atoms with Crippen LogP contribution in [0.4, 0.5) is 4.79 Å². The van der Waals surface area contributed by atoms with Gasteiger partial charge in [0.25, 0.3) is 0 Å². The van der Waals surface area contributed by atoms with E-state index in [1.165, 1.54) is 0 Å². The van der Waals surface area contributed by atoms with Crippen LogP contribution in [0.3, 0.4) is 0 Å². The molecule has 1 amide bonds. The number of carbonyl (C=O) groups excluding carboxylic acids is 1. The Balaban J connectivity index is 1.64. The van der Waals surface area contributed by atoms with E-state index in [1.807, 2.05) is 55.5 Å². The lowest BCUT2D eigenvalue weighted by atomic mass is 9.94. The Labute approximate surface area is 168 Å². The number of hydrogen-bond acceptors (Lipinski definition) is 6. The zero-order valence-electron chi connectivity index (χ0n) is 16.2. The second-order valence-electron chi connectivity index (χ2n) is 6.54. The maximum Gasteiger partial charge on any atom is 0.408 e. The SMILES string of the molecule is CCOc1ncc(-c2cccc([C@H]3NC(=O)O[C@@H]3c3cccc(OC)c3)c2)cn1.